The van der Waals surface area contributed by atoms with Gasteiger partial charge >= 0.3 is 6.03 Å². The summed E-state index contributed by atoms with van der Waals surface area (Å²) in [4.78, 5) is 16.1. The van der Waals surface area contributed by atoms with Crippen molar-refractivity contribution >= 4 is 6.03 Å². The van der Waals surface area contributed by atoms with Gasteiger partial charge in [0.05, 0.1) is 6.04 Å². The molecule has 0 saturated carbocycles. The fourth-order valence-electron chi connectivity index (χ4n) is 2.72. The second kappa shape index (κ2) is 7.58. The zero-order valence-corrected chi connectivity index (χ0v) is 13.7. The summed E-state index contributed by atoms with van der Waals surface area (Å²) >= 11 is 0. The second-order valence-corrected chi connectivity index (χ2v) is 6.38. The van der Waals surface area contributed by atoms with Crippen molar-refractivity contribution in [2.24, 2.45) is 5.92 Å². The molecule has 1 unspecified atom stereocenters. The van der Waals surface area contributed by atoms with Gasteiger partial charge in [0, 0.05) is 31.7 Å². The molecule has 1 atom stereocenters. The molecule has 1 saturated heterocycles. The van der Waals surface area contributed by atoms with Crippen LogP contribution in [0.2, 0.25) is 0 Å². The summed E-state index contributed by atoms with van der Waals surface area (Å²) < 4.78 is 14.0. The third kappa shape index (κ3) is 4.19. The lowest BCUT2D eigenvalue weighted by Gasteiger charge is -2.39. The summed E-state index contributed by atoms with van der Waals surface area (Å²) in [5.74, 6) is 0.361. The number of hydrogen-bond donors (Lipinski definition) is 1. The standard InChI is InChI=1S/C17H26FN3O/c1-13(2)8-9-19-17(22)21-11-10-20(3)16(12-21)14-6-4-5-7-15(14)18/h4-7,13,16H,8-12H2,1-3H3,(H,19,22). The van der Waals surface area contributed by atoms with Crippen molar-refractivity contribution in [3.63, 3.8) is 0 Å². The van der Waals surface area contributed by atoms with E-state index in [1.165, 1.54) is 6.07 Å². The molecular formula is C17H26FN3O. The highest BCUT2D eigenvalue weighted by Gasteiger charge is 2.29. The fraction of sp³-hybridized carbons (Fsp3) is 0.588. The van der Waals surface area contributed by atoms with Gasteiger partial charge in [0.15, 0.2) is 0 Å². The minimum Gasteiger partial charge on any atom is -0.338 e. The number of carbonyl (C=O) groups is 1. The molecule has 1 aliphatic heterocycles. The van der Waals surface area contributed by atoms with Crippen LogP contribution in [0.1, 0.15) is 31.9 Å². The normalized spacial score (nSPS) is 19.5. The molecule has 0 spiro atoms. The Morgan fingerprint density at radius 3 is 2.77 bits per heavy atom. The minimum atomic E-state index is -0.207. The average Bonchev–Trinajstić information content (AvgIpc) is 2.48. The molecule has 0 aromatic heterocycles. The second-order valence-electron chi connectivity index (χ2n) is 6.38. The first-order valence-electron chi connectivity index (χ1n) is 7.96. The summed E-state index contributed by atoms with van der Waals surface area (Å²) in [6, 6.07) is 6.67. The number of likely N-dealkylation sites (N-methyl/N-ethyl adjacent to an activating group) is 1. The SMILES string of the molecule is CC(C)CCNC(=O)N1CCN(C)C(c2ccccc2F)C1. The summed E-state index contributed by atoms with van der Waals surface area (Å²) in [5.41, 5.74) is 0.657. The van der Waals surface area contributed by atoms with Crippen molar-refractivity contribution in [3.05, 3.63) is 35.6 Å². The first-order chi connectivity index (χ1) is 10.5. The summed E-state index contributed by atoms with van der Waals surface area (Å²) in [6.07, 6.45) is 0.968. The molecule has 2 rings (SSSR count). The zero-order valence-electron chi connectivity index (χ0n) is 13.7. The van der Waals surface area contributed by atoms with Crippen LogP contribution in [-0.2, 0) is 0 Å². The van der Waals surface area contributed by atoms with E-state index < -0.39 is 0 Å². The van der Waals surface area contributed by atoms with Crippen LogP contribution in [0.5, 0.6) is 0 Å². The van der Waals surface area contributed by atoms with Gasteiger partial charge in [-0.25, -0.2) is 9.18 Å². The quantitative estimate of drug-likeness (QED) is 0.928. The molecule has 0 radical (unpaired) electrons. The molecule has 1 aliphatic rings. The number of hydrogen-bond acceptors (Lipinski definition) is 2. The number of amides is 2. The van der Waals surface area contributed by atoms with Crippen LogP contribution >= 0.6 is 0 Å². The molecule has 0 bridgehead atoms. The summed E-state index contributed by atoms with van der Waals surface area (Å²) in [6.45, 7) is 6.90. The van der Waals surface area contributed by atoms with Crippen molar-refractivity contribution in [2.75, 3.05) is 33.2 Å². The van der Waals surface area contributed by atoms with E-state index in [1.807, 2.05) is 13.1 Å². The Morgan fingerprint density at radius 2 is 2.09 bits per heavy atom. The van der Waals surface area contributed by atoms with Gasteiger partial charge in [0.2, 0.25) is 0 Å². The highest BCUT2D eigenvalue weighted by atomic mass is 19.1. The van der Waals surface area contributed by atoms with E-state index in [2.05, 4.69) is 24.1 Å². The molecule has 1 aromatic rings. The summed E-state index contributed by atoms with van der Waals surface area (Å²) in [5, 5.41) is 2.96. The van der Waals surface area contributed by atoms with Crippen molar-refractivity contribution in [1.82, 2.24) is 15.1 Å². The van der Waals surface area contributed by atoms with Gasteiger partial charge in [-0.05, 0) is 25.5 Å². The van der Waals surface area contributed by atoms with Crippen LogP contribution in [0.4, 0.5) is 9.18 Å². The minimum absolute atomic E-state index is 0.0462. The molecule has 122 valence electrons. The van der Waals surface area contributed by atoms with E-state index in [9.17, 15) is 9.18 Å². The molecular weight excluding hydrogens is 281 g/mol. The maximum Gasteiger partial charge on any atom is 0.317 e. The average molecular weight is 307 g/mol. The van der Waals surface area contributed by atoms with Crippen molar-refractivity contribution in [2.45, 2.75) is 26.3 Å². The van der Waals surface area contributed by atoms with Gasteiger partial charge in [-0.1, -0.05) is 32.0 Å². The maximum atomic E-state index is 14.0. The predicted molar refractivity (Wildman–Crippen MR) is 86.2 cm³/mol. The Morgan fingerprint density at radius 1 is 1.36 bits per heavy atom. The van der Waals surface area contributed by atoms with Crippen LogP contribution < -0.4 is 5.32 Å². The van der Waals surface area contributed by atoms with Crippen LogP contribution in [0, 0.1) is 11.7 Å². The molecule has 1 N–H and O–H groups in total. The number of urea groups is 1. The fourth-order valence-corrected chi connectivity index (χ4v) is 2.72. The Bertz CT molecular complexity index is 506. The third-order valence-electron chi connectivity index (χ3n) is 4.20. The van der Waals surface area contributed by atoms with Gasteiger partial charge in [-0.15, -0.1) is 0 Å². The van der Waals surface area contributed by atoms with E-state index in [4.69, 9.17) is 0 Å². The number of carbonyl (C=O) groups excluding carboxylic acids is 1. The van der Waals surface area contributed by atoms with E-state index in [0.717, 1.165) is 13.0 Å². The molecule has 1 fully saturated rings. The van der Waals surface area contributed by atoms with Crippen LogP contribution in [-0.4, -0.2) is 49.1 Å². The maximum absolute atomic E-state index is 14.0. The monoisotopic (exact) mass is 307 g/mol. The number of rotatable bonds is 4. The molecule has 22 heavy (non-hydrogen) atoms. The molecule has 5 heteroatoms. The Kier molecular flexibility index (Phi) is 5.77. The number of halogens is 1. The zero-order chi connectivity index (χ0) is 16.1. The van der Waals surface area contributed by atoms with Gasteiger partial charge in [0.25, 0.3) is 0 Å². The third-order valence-corrected chi connectivity index (χ3v) is 4.20. The van der Waals surface area contributed by atoms with Crippen LogP contribution in [0.25, 0.3) is 0 Å². The van der Waals surface area contributed by atoms with E-state index in [0.29, 0.717) is 31.1 Å². The molecule has 1 heterocycles. The molecule has 2 amide bonds. The first kappa shape index (κ1) is 16.7. The highest BCUT2D eigenvalue weighted by molar-refractivity contribution is 5.74. The van der Waals surface area contributed by atoms with Gasteiger partial charge in [-0.3, -0.25) is 4.90 Å². The molecule has 1 aromatic carbocycles. The number of piperazine rings is 1. The van der Waals surface area contributed by atoms with Crippen molar-refractivity contribution < 1.29 is 9.18 Å². The van der Waals surface area contributed by atoms with Crippen LogP contribution in [0.15, 0.2) is 24.3 Å². The van der Waals surface area contributed by atoms with Crippen LogP contribution in [0.3, 0.4) is 0 Å². The smallest absolute Gasteiger partial charge is 0.317 e. The summed E-state index contributed by atoms with van der Waals surface area (Å²) in [7, 11) is 1.98. The lowest BCUT2D eigenvalue weighted by atomic mass is 10.0. The van der Waals surface area contributed by atoms with Crippen molar-refractivity contribution in [3.8, 4) is 0 Å². The highest BCUT2D eigenvalue weighted by Crippen LogP contribution is 2.26. The molecule has 0 aliphatic carbocycles. The van der Waals surface area contributed by atoms with E-state index >= 15 is 0 Å². The van der Waals surface area contributed by atoms with Gasteiger partial charge in [0.1, 0.15) is 5.82 Å². The predicted octanol–water partition coefficient (Wildman–Crippen LogP) is 2.87. The number of nitrogens with one attached hydrogen (secondary N) is 1. The van der Waals surface area contributed by atoms with Gasteiger partial charge < -0.3 is 10.2 Å². The topological polar surface area (TPSA) is 35.6 Å². The Hall–Kier alpha value is -1.62. The van der Waals surface area contributed by atoms with E-state index in [1.54, 1.807) is 17.0 Å². The lowest BCUT2D eigenvalue weighted by molar-refractivity contribution is 0.108. The Labute approximate surface area is 132 Å². The van der Waals surface area contributed by atoms with Gasteiger partial charge in [-0.2, -0.15) is 0 Å². The first-order valence-corrected chi connectivity index (χ1v) is 7.96. The van der Waals surface area contributed by atoms with E-state index in [-0.39, 0.29) is 17.9 Å². The lowest BCUT2D eigenvalue weighted by Crippen LogP contribution is -2.52. The molecule has 4 nitrogen and oxygen atoms in total. The van der Waals surface area contributed by atoms with Crippen molar-refractivity contribution in [1.29, 1.82) is 0 Å². The Balaban J connectivity index is 1.99. The number of benzene rings is 1. The number of nitrogens with zero attached hydrogens (tertiary/aromatic N) is 2. The largest absolute Gasteiger partial charge is 0.338 e.